The molecule has 2 aromatic carbocycles. The van der Waals surface area contributed by atoms with Crippen LogP contribution in [-0.2, 0) is 16.6 Å². The van der Waals surface area contributed by atoms with Gasteiger partial charge in [0.05, 0.1) is 4.90 Å². The summed E-state index contributed by atoms with van der Waals surface area (Å²) in [5, 5.41) is 6.52. The minimum atomic E-state index is -3.52. The molecule has 0 unspecified atom stereocenters. The highest BCUT2D eigenvalue weighted by Crippen LogP contribution is 2.32. The zero-order chi connectivity index (χ0) is 19.6. The molecule has 1 heterocycles. The molecule has 144 valence electrons. The van der Waals surface area contributed by atoms with Crippen molar-refractivity contribution >= 4 is 33.0 Å². The number of ether oxygens (including phenoxy) is 2. The maximum Gasteiger partial charge on any atom is 0.242 e. The Balaban J connectivity index is 1.66. The highest BCUT2D eigenvalue weighted by atomic mass is 32.2. The first-order chi connectivity index (χ1) is 12.8. The minimum absolute atomic E-state index is 0.234. The first-order valence-electron chi connectivity index (χ1n) is 8.24. The fourth-order valence-corrected chi connectivity index (χ4v) is 3.90. The molecule has 0 saturated carbocycles. The lowest BCUT2D eigenvalue weighted by Crippen LogP contribution is -2.28. The summed E-state index contributed by atoms with van der Waals surface area (Å²) in [4.78, 5) is 0.246. The van der Waals surface area contributed by atoms with E-state index in [1.807, 2.05) is 18.2 Å². The van der Waals surface area contributed by atoms with Gasteiger partial charge in [-0.3, -0.25) is 0 Å². The summed E-state index contributed by atoms with van der Waals surface area (Å²) >= 11 is 5.32. The van der Waals surface area contributed by atoms with E-state index in [0.29, 0.717) is 28.7 Å². The molecule has 0 aromatic heterocycles. The van der Waals surface area contributed by atoms with Gasteiger partial charge in [0.1, 0.15) is 0 Å². The van der Waals surface area contributed by atoms with Crippen molar-refractivity contribution in [3.8, 4) is 11.5 Å². The molecule has 0 radical (unpaired) electrons. The number of rotatable bonds is 5. The third-order valence-corrected chi connectivity index (χ3v) is 6.30. The summed E-state index contributed by atoms with van der Waals surface area (Å²) in [6.45, 7) is 2.49. The minimum Gasteiger partial charge on any atom is -0.454 e. The maximum absolute atomic E-state index is 12.4. The van der Waals surface area contributed by atoms with E-state index in [4.69, 9.17) is 21.7 Å². The number of nitrogens with one attached hydrogen (secondary N) is 2. The lowest BCUT2D eigenvalue weighted by molar-refractivity contribution is 0.174. The van der Waals surface area contributed by atoms with Crippen LogP contribution >= 0.6 is 12.2 Å². The third-order valence-electron chi connectivity index (χ3n) is 4.09. The van der Waals surface area contributed by atoms with Gasteiger partial charge < -0.3 is 20.1 Å². The molecule has 0 saturated heterocycles. The number of fused-ring (bicyclic) bond motifs is 1. The van der Waals surface area contributed by atoms with Crippen LogP contribution in [-0.4, -0.2) is 38.7 Å². The van der Waals surface area contributed by atoms with E-state index in [-0.39, 0.29) is 11.7 Å². The van der Waals surface area contributed by atoms with Gasteiger partial charge in [-0.2, -0.15) is 0 Å². The second-order valence-corrected chi connectivity index (χ2v) is 8.79. The first-order valence-corrected chi connectivity index (χ1v) is 10.1. The number of nitrogens with zero attached hydrogens (tertiary/aromatic N) is 1. The van der Waals surface area contributed by atoms with Gasteiger partial charge in [0.25, 0.3) is 0 Å². The summed E-state index contributed by atoms with van der Waals surface area (Å²) < 4.78 is 36.7. The Kier molecular flexibility index (Phi) is 5.54. The number of thiocarbonyl (C=S) groups is 1. The second kappa shape index (κ2) is 7.71. The number of hydrogen-bond donors (Lipinski definition) is 2. The molecule has 27 heavy (non-hydrogen) atoms. The number of benzene rings is 2. The standard InChI is InChI=1S/C18H21N3O4S2/c1-12-4-6-14(9-17(12)27(22,23)21(2)3)20-18(26)19-10-13-5-7-15-16(8-13)25-11-24-15/h4-9H,10-11H2,1-3H3,(H2,19,20,26). The number of sulfonamides is 1. The Bertz CT molecular complexity index is 975. The van der Waals surface area contributed by atoms with E-state index in [1.165, 1.54) is 18.4 Å². The number of anilines is 1. The fraction of sp³-hybridized carbons (Fsp3) is 0.278. The van der Waals surface area contributed by atoms with E-state index in [0.717, 1.165) is 11.3 Å². The molecule has 1 aliphatic rings. The van der Waals surface area contributed by atoms with Gasteiger partial charge in [-0.15, -0.1) is 0 Å². The van der Waals surface area contributed by atoms with Gasteiger partial charge in [0, 0.05) is 26.3 Å². The molecular formula is C18H21N3O4S2. The molecule has 7 nitrogen and oxygen atoms in total. The van der Waals surface area contributed by atoms with Crippen molar-refractivity contribution in [3.63, 3.8) is 0 Å². The van der Waals surface area contributed by atoms with Gasteiger partial charge in [-0.25, -0.2) is 12.7 Å². The predicted molar refractivity (Wildman–Crippen MR) is 108 cm³/mol. The Morgan fingerprint density at radius 3 is 2.63 bits per heavy atom. The lowest BCUT2D eigenvalue weighted by Gasteiger charge is -2.16. The summed E-state index contributed by atoms with van der Waals surface area (Å²) in [5.41, 5.74) is 2.26. The summed E-state index contributed by atoms with van der Waals surface area (Å²) in [5.74, 6) is 1.44. The predicted octanol–water partition coefficient (Wildman–Crippen LogP) is 2.46. The Morgan fingerprint density at radius 1 is 1.15 bits per heavy atom. The van der Waals surface area contributed by atoms with Crippen molar-refractivity contribution < 1.29 is 17.9 Å². The van der Waals surface area contributed by atoms with Crippen LogP contribution in [0.5, 0.6) is 11.5 Å². The van der Waals surface area contributed by atoms with Crippen LogP contribution in [0.15, 0.2) is 41.3 Å². The van der Waals surface area contributed by atoms with Crippen LogP contribution in [0.3, 0.4) is 0 Å². The van der Waals surface area contributed by atoms with Gasteiger partial charge in [-0.05, 0) is 54.5 Å². The van der Waals surface area contributed by atoms with Crippen LogP contribution in [0.1, 0.15) is 11.1 Å². The molecule has 0 aliphatic carbocycles. The normalized spacial score (nSPS) is 12.9. The molecule has 0 bridgehead atoms. The lowest BCUT2D eigenvalue weighted by atomic mass is 10.2. The molecule has 0 spiro atoms. The molecular weight excluding hydrogens is 386 g/mol. The van der Waals surface area contributed by atoms with E-state index in [9.17, 15) is 8.42 Å². The van der Waals surface area contributed by atoms with Crippen LogP contribution in [0.2, 0.25) is 0 Å². The molecule has 0 atom stereocenters. The van der Waals surface area contributed by atoms with Crippen LogP contribution in [0, 0.1) is 6.92 Å². The van der Waals surface area contributed by atoms with Gasteiger partial charge in [-0.1, -0.05) is 12.1 Å². The highest BCUT2D eigenvalue weighted by Gasteiger charge is 2.20. The van der Waals surface area contributed by atoms with Gasteiger partial charge in [0.15, 0.2) is 16.6 Å². The molecule has 0 amide bonds. The monoisotopic (exact) mass is 407 g/mol. The zero-order valence-corrected chi connectivity index (χ0v) is 16.9. The average Bonchev–Trinajstić information content (AvgIpc) is 3.09. The first kappa shape index (κ1) is 19.4. The van der Waals surface area contributed by atoms with Crippen molar-refractivity contribution in [1.29, 1.82) is 0 Å². The van der Waals surface area contributed by atoms with Crippen molar-refractivity contribution in [3.05, 3.63) is 47.5 Å². The highest BCUT2D eigenvalue weighted by molar-refractivity contribution is 7.89. The molecule has 3 rings (SSSR count). The van der Waals surface area contributed by atoms with Crippen molar-refractivity contribution in [1.82, 2.24) is 9.62 Å². The van der Waals surface area contributed by atoms with Crippen LogP contribution in [0.4, 0.5) is 5.69 Å². The van der Waals surface area contributed by atoms with E-state index >= 15 is 0 Å². The Morgan fingerprint density at radius 2 is 1.89 bits per heavy atom. The third kappa shape index (κ3) is 4.32. The van der Waals surface area contributed by atoms with Crippen molar-refractivity contribution in [2.24, 2.45) is 0 Å². The van der Waals surface area contributed by atoms with Crippen molar-refractivity contribution in [2.45, 2.75) is 18.4 Å². The largest absolute Gasteiger partial charge is 0.454 e. The van der Waals surface area contributed by atoms with E-state index < -0.39 is 10.0 Å². The summed E-state index contributed by atoms with van der Waals surface area (Å²) in [6.07, 6.45) is 0. The van der Waals surface area contributed by atoms with Crippen LogP contribution in [0.25, 0.3) is 0 Å². The zero-order valence-electron chi connectivity index (χ0n) is 15.3. The van der Waals surface area contributed by atoms with E-state index in [1.54, 1.807) is 25.1 Å². The molecule has 0 fully saturated rings. The number of aryl methyl sites for hydroxylation is 1. The maximum atomic E-state index is 12.4. The smallest absolute Gasteiger partial charge is 0.242 e. The second-order valence-electron chi connectivity index (χ2n) is 6.26. The molecule has 9 heteroatoms. The SMILES string of the molecule is Cc1ccc(NC(=S)NCc2ccc3c(c2)OCO3)cc1S(=O)(=O)N(C)C. The quantitative estimate of drug-likeness (QED) is 0.737. The average molecular weight is 408 g/mol. The van der Waals surface area contributed by atoms with Gasteiger partial charge >= 0.3 is 0 Å². The molecule has 2 aromatic rings. The Hall–Kier alpha value is -2.36. The van der Waals surface area contributed by atoms with E-state index in [2.05, 4.69) is 10.6 Å². The summed E-state index contributed by atoms with van der Waals surface area (Å²) in [7, 11) is -0.510. The number of hydrogen-bond acceptors (Lipinski definition) is 5. The van der Waals surface area contributed by atoms with Crippen molar-refractivity contribution in [2.75, 3.05) is 26.2 Å². The fourth-order valence-electron chi connectivity index (χ4n) is 2.56. The summed E-state index contributed by atoms with van der Waals surface area (Å²) in [6, 6.07) is 10.8. The Labute approximate surface area is 164 Å². The molecule has 2 N–H and O–H groups in total. The van der Waals surface area contributed by atoms with Gasteiger partial charge in [0.2, 0.25) is 16.8 Å². The molecule has 1 aliphatic heterocycles. The van der Waals surface area contributed by atoms with Crippen LogP contribution < -0.4 is 20.1 Å². The topological polar surface area (TPSA) is 79.9 Å².